The maximum absolute atomic E-state index is 11.2. The molecule has 0 aliphatic carbocycles. The number of aliphatic hydroxyl groups is 1. The van der Waals surface area contributed by atoms with Crippen molar-refractivity contribution in [1.82, 2.24) is 0 Å². The van der Waals surface area contributed by atoms with Gasteiger partial charge < -0.3 is 5.11 Å². The van der Waals surface area contributed by atoms with Crippen molar-refractivity contribution in [2.75, 3.05) is 13.3 Å². The Morgan fingerprint density at radius 3 is 1.50 bits per heavy atom. The third-order valence-corrected chi connectivity index (χ3v) is 0.575. The summed E-state index contributed by atoms with van der Waals surface area (Å²) in [5, 5.41) is 8.09. The molecule has 0 saturated heterocycles. The maximum atomic E-state index is 11.2. The number of hydrogen-bond donors (Lipinski definition) is 1. The van der Waals surface area contributed by atoms with E-state index in [9.17, 15) is 4.39 Å². The summed E-state index contributed by atoms with van der Waals surface area (Å²) in [4.78, 5) is 0. The van der Waals surface area contributed by atoms with Crippen LogP contribution in [0.2, 0.25) is 0 Å². The molecule has 1 N–H and O–H groups in total. The van der Waals surface area contributed by atoms with Crippen LogP contribution in [0.3, 0.4) is 0 Å². The van der Waals surface area contributed by atoms with Crippen LogP contribution in [-0.4, -0.2) is 18.4 Å². The number of hydrogen-bond acceptors (Lipinski definition) is 1. The Bertz CT molecular complexity index is 28.4. The van der Waals surface area contributed by atoms with E-state index in [-0.39, 0.29) is 12.5 Å². The summed E-state index contributed by atoms with van der Waals surface area (Å²) in [7, 11) is 0. The summed E-state index contributed by atoms with van der Waals surface area (Å²) in [5.41, 5.74) is 0. The van der Waals surface area contributed by atoms with Gasteiger partial charge in [0.1, 0.15) is 0 Å². The molecule has 0 radical (unpaired) electrons. The van der Waals surface area contributed by atoms with Gasteiger partial charge in [-0.25, -0.2) is 0 Å². The molecule has 0 fully saturated rings. The van der Waals surface area contributed by atoms with E-state index < -0.39 is 6.67 Å². The Hall–Kier alpha value is -0.110. The van der Waals surface area contributed by atoms with E-state index in [1.807, 2.05) is 27.7 Å². The lowest BCUT2D eigenvalue weighted by Crippen LogP contribution is -2.00. The highest BCUT2D eigenvalue weighted by Gasteiger charge is 1.93. The van der Waals surface area contributed by atoms with Gasteiger partial charge in [-0.3, -0.25) is 4.39 Å². The summed E-state index contributed by atoms with van der Waals surface area (Å²) in [5.74, 6) is -0.176. The molecule has 66 valence electrons. The minimum Gasteiger partial charge on any atom is -0.396 e. The molecule has 0 aromatic rings. The van der Waals surface area contributed by atoms with Crippen molar-refractivity contribution in [3.63, 3.8) is 0 Å². The summed E-state index contributed by atoms with van der Waals surface area (Å²) in [6.07, 6.45) is 0. The Morgan fingerprint density at radius 2 is 1.50 bits per heavy atom. The van der Waals surface area contributed by atoms with Gasteiger partial charge in [0.25, 0.3) is 0 Å². The lowest BCUT2D eigenvalue weighted by molar-refractivity contribution is 0.210. The first kappa shape index (κ1) is 16.5. The normalized spacial score (nSPS) is 9.90. The highest BCUT2D eigenvalue weighted by atomic mass is 19.1. The molecular formula is C8H21FO. The van der Waals surface area contributed by atoms with Crippen LogP contribution in [0.1, 0.15) is 34.6 Å². The monoisotopic (exact) mass is 152 g/mol. The van der Waals surface area contributed by atoms with E-state index in [2.05, 4.69) is 0 Å². The first-order valence-corrected chi connectivity index (χ1v) is 3.98. The molecule has 0 heterocycles. The number of halogens is 1. The van der Waals surface area contributed by atoms with Gasteiger partial charge >= 0.3 is 0 Å². The quantitative estimate of drug-likeness (QED) is 0.645. The largest absolute Gasteiger partial charge is 0.396 e. The first-order valence-electron chi connectivity index (χ1n) is 3.98. The maximum Gasteiger partial charge on any atom is 0.0941 e. The fourth-order valence-corrected chi connectivity index (χ4v) is 0.0488. The zero-order chi connectivity index (χ0) is 8.99. The van der Waals surface area contributed by atoms with Gasteiger partial charge in [0, 0.05) is 12.5 Å². The molecule has 0 aliphatic rings. The highest BCUT2D eigenvalue weighted by Crippen LogP contribution is 1.89. The lowest BCUT2D eigenvalue weighted by Gasteiger charge is -1.95. The topological polar surface area (TPSA) is 20.2 Å². The van der Waals surface area contributed by atoms with Crippen molar-refractivity contribution in [3.8, 4) is 0 Å². The molecule has 0 rings (SSSR count). The Labute approximate surface area is 64.3 Å². The first-order chi connectivity index (χ1) is 4.81. The smallest absolute Gasteiger partial charge is 0.0941 e. The average molecular weight is 152 g/mol. The van der Waals surface area contributed by atoms with Crippen LogP contribution < -0.4 is 0 Å². The van der Waals surface area contributed by atoms with Crippen molar-refractivity contribution < 1.29 is 9.50 Å². The van der Waals surface area contributed by atoms with Crippen LogP contribution in [0.15, 0.2) is 0 Å². The van der Waals surface area contributed by atoms with Crippen LogP contribution in [0.4, 0.5) is 4.39 Å². The molecular weight excluding hydrogens is 131 g/mol. The molecule has 0 aliphatic heterocycles. The number of rotatable bonds is 2. The molecule has 10 heavy (non-hydrogen) atoms. The molecule has 2 heteroatoms. The Kier molecular flexibility index (Phi) is 38.1. The molecule has 1 nitrogen and oxygen atoms in total. The van der Waals surface area contributed by atoms with E-state index in [0.717, 1.165) is 0 Å². The molecule has 0 amide bonds. The second kappa shape index (κ2) is 23.1. The SMILES string of the molecule is CC.CC.CC(CO)CF. The molecule has 0 saturated carbocycles. The molecule has 0 aromatic heterocycles. The van der Waals surface area contributed by atoms with E-state index in [1.165, 1.54) is 0 Å². The standard InChI is InChI=1S/C4H9FO.2C2H6/c1-4(2-5)3-6;2*1-2/h4,6H,2-3H2,1H3;2*1-2H3. The summed E-state index contributed by atoms with van der Waals surface area (Å²) < 4.78 is 11.2. The van der Waals surface area contributed by atoms with Crippen molar-refractivity contribution in [3.05, 3.63) is 0 Å². The lowest BCUT2D eigenvalue weighted by atomic mass is 10.2. The minimum absolute atomic E-state index is 0.0451. The van der Waals surface area contributed by atoms with Crippen molar-refractivity contribution in [2.45, 2.75) is 34.6 Å². The molecule has 0 bridgehead atoms. The summed E-state index contributed by atoms with van der Waals surface area (Å²) in [6, 6.07) is 0. The summed E-state index contributed by atoms with van der Waals surface area (Å²) >= 11 is 0. The molecule has 0 aromatic carbocycles. The van der Waals surface area contributed by atoms with E-state index in [1.54, 1.807) is 6.92 Å². The van der Waals surface area contributed by atoms with Crippen LogP contribution in [0, 0.1) is 5.92 Å². The fourth-order valence-electron chi connectivity index (χ4n) is 0.0488. The van der Waals surface area contributed by atoms with Crippen molar-refractivity contribution in [2.24, 2.45) is 5.92 Å². The Morgan fingerprint density at radius 1 is 1.20 bits per heavy atom. The second-order valence-corrected chi connectivity index (χ2v) is 1.44. The zero-order valence-corrected chi connectivity index (χ0v) is 7.82. The zero-order valence-electron chi connectivity index (χ0n) is 7.82. The fraction of sp³-hybridized carbons (Fsp3) is 1.00. The highest BCUT2D eigenvalue weighted by molar-refractivity contribution is 4.42. The second-order valence-electron chi connectivity index (χ2n) is 1.44. The van der Waals surface area contributed by atoms with Crippen molar-refractivity contribution in [1.29, 1.82) is 0 Å². The predicted octanol–water partition coefficient (Wildman–Crippen LogP) is 2.64. The number of alkyl halides is 1. The van der Waals surface area contributed by atoms with Gasteiger partial charge in [0.15, 0.2) is 0 Å². The van der Waals surface area contributed by atoms with Crippen molar-refractivity contribution >= 4 is 0 Å². The molecule has 1 unspecified atom stereocenters. The van der Waals surface area contributed by atoms with Gasteiger partial charge in [0.05, 0.1) is 6.67 Å². The summed E-state index contributed by atoms with van der Waals surface area (Å²) in [6.45, 7) is 9.19. The Balaban J connectivity index is -0.000000105. The average Bonchev–Trinajstić information content (AvgIpc) is 2.10. The van der Waals surface area contributed by atoms with Crippen LogP contribution >= 0.6 is 0 Å². The number of aliphatic hydroxyl groups excluding tert-OH is 1. The van der Waals surface area contributed by atoms with Gasteiger partial charge in [-0.2, -0.15) is 0 Å². The van der Waals surface area contributed by atoms with Crippen LogP contribution in [0.25, 0.3) is 0 Å². The third-order valence-electron chi connectivity index (χ3n) is 0.575. The molecule has 0 spiro atoms. The van der Waals surface area contributed by atoms with Crippen LogP contribution in [0.5, 0.6) is 0 Å². The van der Waals surface area contributed by atoms with Gasteiger partial charge in [-0.1, -0.05) is 34.6 Å². The van der Waals surface area contributed by atoms with E-state index >= 15 is 0 Å². The van der Waals surface area contributed by atoms with Gasteiger partial charge in [0.2, 0.25) is 0 Å². The van der Waals surface area contributed by atoms with Crippen LogP contribution in [-0.2, 0) is 0 Å². The van der Waals surface area contributed by atoms with Gasteiger partial charge in [-0.15, -0.1) is 0 Å². The van der Waals surface area contributed by atoms with E-state index in [4.69, 9.17) is 5.11 Å². The minimum atomic E-state index is -0.420. The van der Waals surface area contributed by atoms with E-state index in [0.29, 0.717) is 0 Å². The molecule has 1 atom stereocenters. The third kappa shape index (κ3) is 24.8. The predicted molar refractivity (Wildman–Crippen MR) is 44.9 cm³/mol. The van der Waals surface area contributed by atoms with Gasteiger partial charge in [-0.05, 0) is 0 Å².